The quantitative estimate of drug-likeness (QED) is 0.668. The van der Waals surface area contributed by atoms with Crippen LogP contribution in [-0.4, -0.2) is 26.2 Å². The van der Waals surface area contributed by atoms with Gasteiger partial charge >= 0.3 is 6.18 Å². The molecule has 0 saturated heterocycles. The zero-order chi connectivity index (χ0) is 17.3. The number of halogens is 3. The van der Waals surface area contributed by atoms with Gasteiger partial charge in [-0.2, -0.15) is 13.2 Å². The van der Waals surface area contributed by atoms with Gasteiger partial charge < -0.3 is 9.88 Å². The fourth-order valence-corrected chi connectivity index (χ4v) is 2.71. The van der Waals surface area contributed by atoms with Crippen LogP contribution in [0.25, 0.3) is 0 Å². The van der Waals surface area contributed by atoms with Gasteiger partial charge in [0.15, 0.2) is 0 Å². The van der Waals surface area contributed by atoms with Crippen molar-refractivity contribution in [3.63, 3.8) is 0 Å². The van der Waals surface area contributed by atoms with E-state index < -0.39 is 22.4 Å². The Morgan fingerprint density at radius 1 is 1.33 bits per heavy atom. The molecule has 0 fully saturated rings. The maximum Gasteiger partial charge on any atom is 0.416 e. The summed E-state index contributed by atoms with van der Waals surface area (Å²) in [6.07, 6.45) is -2.25. The lowest BCUT2D eigenvalue weighted by Crippen LogP contribution is -2.12. The number of aromatic nitrogens is 3. The molecule has 1 N–H and O–H groups in total. The molecule has 0 amide bonds. The highest BCUT2D eigenvalue weighted by Crippen LogP contribution is 2.34. The zero-order valence-corrected chi connectivity index (χ0v) is 12.5. The van der Waals surface area contributed by atoms with Gasteiger partial charge in [0.25, 0.3) is 5.69 Å². The number of benzene rings is 1. The summed E-state index contributed by atoms with van der Waals surface area (Å²) in [5.74, 6) is 1.69. The first-order chi connectivity index (χ1) is 11.4. The van der Waals surface area contributed by atoms with E-state index in [0.29, 0.717) is 19.0 Å². The van der Waals surface area contributed by atoms with Crippen molar-refractivity contribution in [1.82, 2.24) is 14.8 Å². The number of rotatable bonds is 5. The molecular formula is C14H14F3N5O2. The Kier molecular flexibility index (Phi) is 4.12. The number of nitrogens with one attached hydrogen (secondary N) is 1. The highest BCUT2D eigenvalue weighted by Gasteiger charge is 2.33. The molecule has 0 unspecified atom stereocenters. The van der Waals surface area contributed by atoms with E-state index in [1.807, 2.05) is 4.57 Å². The molecule has 3 rings (SSSR count). The smallest absolute Gasteiger partial charge is 0.379 e. The second-order valence-corrected chi connectivity index (χ2v) is 5.45. The second-order valence-electron chi connectivity index (χ2n) is 5.45. The van der Waals surface area contributed by atoms with Gasteiger partial charge in [0, 0.05) is 32.0 Å². The summed E-state index contributed by atoms with van der Waals surface area (Å²) in [6.45, 7) is 1.16. The van der Waals surface area contributed by atoms with E-state index in [0.717, 1.165) is 43.2 Å². The predicted octanol–water partition coefficient (Wildman–Crippen LogP) is 2.81. The van der Waals surface area contributed by atoms with Crippen molar-refractivity contribution in [2.24, 2.45) is 0 Å². The lowest BCUT2D eigenvalue weighted by molar-refractivity contribution is -0.384. The number of nitro benzene ring substituents is 1. The standard InChI is InChI=1S/C14H14F3N5O2/c15-14(16,17)9-3-4-10(11(8-9)22(23)24)18-6-5-13-20-19-12-2-1-7-21(12)13/h3-4,8,18H,1-2,5-7H2. The summed E-state index contributed by atoms with van der Waals surface area (Å²) in [5.41, 5.74) is -1.60. The third-order valence-corrected chi connectivity index (χ3v) is 3.87. The van der Waals surface area contributed by atoms with E-state index in [1.54, 1.807) is 0 Å². The monoisotopic (exact) mass is 341 g/mol. The van der Waals surface area contributed by atoms with Crippen molar-refractivity contribution < 1.29 is 18.1 Å². The van der Waals surface area contributed by atoms with Gasteiger partial charge in [-0.1, -0.05) is 0 Å². The molecule has 0 atom stereocenters. The molecule has 1 aliphatic rings. The number of nitro groups is 1. The van der Waals surface area contributed by atoms with Gasteiger partial charge in [0.1, 0.15) is 17.3 Å². The first-order valence-corrected chi connectivity index (χ1v) is 7.37. The number of fused-ring (bicyclic) bond motifs is 1. The van der Waals surface area contributed by atoms with Crippen molar-refractivity contribution in [2.45, 2.75) is 32.0 Å². The Bertz CT molecular complexity index is 772. The minimum Gasteiger partial charge on any atom is -0.379 e. The van der Waals surface area contributed by atoms with E-state index in [4.69, 9.17) is 0 Å². The Morgan fingerprint density at radius 2 is 2.12 bits per heavy atom. The number of hydrogen-bond acceptors (Lipinski definition) is 5. The summed E-state index contributed by atoms with van der Waals surface area (Å²) >= 11 is 0. The number of anilines is 1. The minimum absolute atomic E-state index is 0.0501. The molecule has 7 nitrogen and oxygen atoms in total. The van der Waals surface area contributed by atoms with E-state index in [1.165, 1.54) is 0 Å². The molecule has 0 aliphatic carbocycles. The lowest BCUT2D eigenvalue weighted by atomic mass is 10.1. The average molecular weight is 341 g/mol. The van der Waals surface area contributed by atoms with Crippen LogP contribution in [0.3, 0.4) is 0 Å². The van der Waals surface area contributed by atoms with Crippen LogP contribution in [0.5, 0.6) is 0 Å². The summed E-state index contributed by atoms with van der Waals surface area (Å²) in [7, 11) is 0. The number of alkyl halides is 3. The van der Waals surface area contributed by atoms with Crippen LogP contribution in [0, 0.1) is 10.1 Å². The topological polar surface area (TPSA) is 85.9 Å². The van der Waals surface area contributed by atoms with Gasteiger partial charge in [-0.05, 0) is 18.6 Å². The number of aryl methyl sites for hydroxylation is 1. The van der Waals surface area contributed by atoms with Gasteiger partial charge in [0.05, 0.1) is 10.5 Å². The highest BCUT2D eigenvalue weighted by atomic mass is 19.4. The predicted molar refractivity (Wildman–Crippen MR) is 78.6 cm³/mol. The first kappa shape index (κ1) is 16.2. The molecule has 24 heavy (non-hydrogen) atoms. The van der Waals surface area contributed by atoms with E-state index in [2.05, 4.69) is 15.5 Å². The fraction of sp³-hybridized carbons (Fsp3) is 0.429. The number of nitrogens with zero attached hydrogens (tertiary/aromatic N) is 4. The zero-order valence-electron chi connectivity index (χ0n) is 12.5. The van der Waals surface area contributed by atoms with Crippen LogP contribution in [0.2, 0.25) is 0 Å². The normalized spacial score (nSPS) is 13.8. The molecule has 2 heterocycles. The molecule has 10 heteroatoms. The van der Waals surface area contributed by atoms with Crippen LogP contribution < -0.4 is 5.32 Å². The van der Waals surface area contributed by atoms with Gasteiger partial charge in [-0.15, -0.1) is 10.2 Å². The third kappa shape index (κ3) is 3.17. The molecular weight excluding hydrogens is 327 g/mol. The Hall–Kier alpha value is -2.65. The average Bonchev–Trinajstić information content (AvgIpc) is 3.10. The van der Waals surface area contributed by atoms with Crippen molar-refractivity contribution in [2.75, 3.05) is 11.9 Å². The summed E-state index contributed by atoms with van der Waals surface area (Å²) in [6, 6.07) is 2.44. The van der Waals surface area contributed by atoms with Crippen molar-refractivity contribution in [1.29, 1.82) is 0 Å². The molecule has 0 saturated carbocycles. The highest BCUT2D eigenvalue weighted by molar-refractivity contribution is 5.63. The van der Waals surface area contributed by atoms with Gasteiger partial charge in [-0.25, -0.2) is 0 Å². The summed E-state index contributed by atoms with van der Waals surface area (Å²) in [4.78, 5) is 10.2. The van der Waals surface area contributed by atoms with Crippen molar-refractivity contribution >= 4 is 11.4 Å². The maximum atomic E-state index is 12.7. The van der Waals surface area contributed by atoms with E-state index >= 15 is 0 Å². The van der Waals surface area contributed by atoms with E-state index in [-0.39, 0.29) is 5.69 Å². The third-order valence-electron chi connectivity index (χ3n) is 3.87. The molecule has 2 aromatic rings. The first-order valence-electron chi connectivity index (χ1n) is 7.37. The van der Waals surface area contributed by atoms with Crippen LogP contribution in [0.1, 0.15) is 23.6 Å². The van der Waals surface area contributed by atoms with Crippen LogP contribution in [0.4, 0.5) is 24.5 Å². The minimum atomic E-state index is -4.62. The van der Waals surface area contributed by atoms with Gasteiger partial charge in [-0.3, -0.25) is 10.1 Å². The molecule has 0 radical (unpaired) electrons. The van der Waals surface area contributed by atoms with Gasteiger partial charge in [0.2, 0.25) is 0 Å². The summed E-state index contributed by atoms with van der Waals surface area (Å²) in [5, 5.41) is 22.0. The molecule has 0 bridgehead atoms. The Morgan fingerprint density at radius 3 is 2.83 bits per heavy atom. The molecule has 0 spiro atoms. The molecule has 1 aromatic carbocycles. The van der Waals surface area contributed by atoms with Crippen LogP contribution >= 0.6 is 0 Å². The fourth-order valence-electron chi connectivity index (χ4n) is 2.71. The second kappa shape index (κ2) is 6.10. The van der Waals surface area contributed by atoms with Crippen molar-refractivity contribution in [3.05, 3.63) is 45.5 Å². The van der Waals surface area contributed by atoms with Crippen LogP contribution in [0.15, 0.2) is 18.2 Å². The summed E-state index contributed by atoms with van der Waals surface area (Å²) < 4.78 is 40.0. The van der Waals surface area contributed by atoms with E-state index in [9.17, 15) is 23.3 Å². The Labute approximate surface area is 134 Å². The molecule has 128 valence electrons. The molecule has 1 aromatic heterocycles. The molecule has 1 aliphatic heterocycles. The largest absolute Gasteiger partial charge is 0.416 e. The maximum absolute atomic E-state index is 12.7. The number of hydrogen-bond donors (Lipinski definition) is 1. The van der Waals surface area contributed by atoms with Crippen LogP contribution in [-0.2, 0) is 25.6 Å². The SMILES string of the molecule is O=[N+]([O-])c1cc(C(F)(F)F)ccc1NCCc1nnc2n1CCC2. The van der Waals surface area contributed by atoms with Crippen molar-refractivity contribution in [3.8, 4) is 0 Å². The Balaban J connectivity index is 1.71. The lowest BCUT2D eigenvalue weighted by Gasteiger charge is -2.10.